The Hall–Kier alpha value is -1.71. The molecule has 0 unspecified atom stereocenters. The molecule has 3 rings (SSSR count). The van der Waals surface area contributed by atoms with Crippen molar-refractivity contribution in [2.75, 3.05) is 19.8 Å². The molecule has 23 heavy (non-hydrogen) atoms. The highest BCUT2D eigenvalue weighted by Crippen LogP contribution is 2.30. The summed E-state index contributed by atoms with van der Waals surface area (Å²) in [4.78, 5) is 8.34. The van der Waals surface area contributed by atoms with Crippen LogP contribution in [-0.2, 0) is 35.4 Å². The second kappa shape index (κ2) is 6.06. The van der Waals surface area contributed by atoms with Crippen LogP contribution in [-0.4, -0.2) is 51.6 Å². The second-order valence-corrected chi connectivity index (χ2v) is 7.60. The molecule has 1 aliphatic rings. The van der Waals surface area contributed by atoms with E-state index >= 15 is 0 Å². The number of hydrogen-bond acceptors (Lipinski definition) is 5. The molecule has 2 aromatic heterocycles. The number of fused-ring (bicyclic) bond motifs is 1. The molecule has 2 aromatic rings. The van der Waals surface area contributed by atoms with Gasteiger partial charge in [-0.2, -0.15) is 4.31 Å². The van der Waals surface area contributed by atoms with Crippen LogP contribution in [0.4, 0.5) is 0 Å². The molecule has 1 atom stereocenters. The number of rotatable bonds is 5. The quantitative estimate of drug-likeness (QED) is 0.791. The van der Waals surface area contributed by atoms with Crippen molar-refractivity contribution in [3.05, 3.63) is 30.2 Å². The Bertz CT molecular complexity index is 795. The number of aromatic nitrogens is 4. The molecule has 0 N–H and O–H groups in total. The van der Waals surface area contributed by atoms with Gasteiger partial charge < -0.3 is 13.9 Å². The molecule has 0 radical (unpaired) electrons. The van der Waals surface area contributed by atoms with Crippen LogP contribution in [0.1, 0.15) is 24.2 Å². The van der Waals surface area contributed by atoms with E-state index in [2.05, 4.69) is 9.97 Å². The molecule has 0 spiro atoms. The van der Waals surface area contributed by atoms with Gasteiger partial charge in [-0.3, -0.25) is 0 Å². The Labute approximate surface area is 135 Å². The highest BCUT2D eigenvalue weighted by Gasteiger charge is 2.36. The molecular weight excluding hydrogens is 318 g/mol. The SMILES string of the molecule is CCOC[C@@H]1CN(S(=O)(=O)c2cn(C)cn2)Cc2ncn(C)c21. The van der Waals surface area contributed by atoms with Crippen LogP contribution in [0.2, 0.25) is 0 Å². The number of ether oxygens (including phenoxy) is 1. The standard InChI is InChI=1S/C14H21N5O3S/c1-4-22-8-11-5-19(6-12-14(11)18(3)10-15-12)23(20,21)13-7-17(2)9-16-13/h7,9-11H,4-6,8H2,1-3H3/t11-/m0/s1. The molecular formula is C14H21N5O3S. The molecule has 0 amide bonds. The third-order valence-electron chi connectivity index (χ3n) is 4.01. The first-order valence-corrected chi connectivity index (χ1v) is 8.93. The predicted octanol–water partition coefficient (Wildman–Crippen LogP) is 0.478. The lowest BCUT2D eigenvalue weighted by Gasteiger charge is -2.31. The van der Waals surface area contributed by atoms with Crippen LogP contribution in [0.25, 0.3) is 0 Å². The zero-order valence-corrected chi connectivity index (χ0v) is 14.3. The Morgan fingerprint density at radius 3 is 2.74 bits per heavy atom. The molecule has 0 aliphatic carbocycles. The molecule has 3 heterocycles. The molecule has 0 fully saturated rings. The fraction of sp³-hybridized carbons (Fsp3) is 0.571. The zero-order chi connectivity index (χ0) is 16.6. The lowest BCUT2D eigenvalue weighted by Crippen LogP contribution is -2.40. The van der Waals surface area contributed by atoms with E-state index in [9.17, 15) is 8.42 Å². The molecule has 9 heteroatoms. The summed E-state index contributed by atoms with van der Waals surface area (Å²) in [5.41, 5.74) is 1.83. The minimum absolute atomic E-state index is 0.0373. The molecule has 1 aliphatic heterocycles. The van der Waals surface area contributed by atoms with E-state index in [1.165, 1.54) is 16.8 Å². The zero-order valence-electron chi connectivity index (χ0n) is 13.5. The highest BCUT2D eigenvalue weighted by molar-refractivity contribution is 7.89. The molecule has 0 saturated carbocycles. The predicted molar refractivity (Wildman–Crippen MR) is 83.2 cm³/mol. The first-order chi connectivity index (χ1) is 10.9. The van der Waals surface area contributed by atoms with E-state index in [1.54, 1.807) is 17.9 Å². The maximum Gasteiger partial charge on any atom is 0.262 e. The van der Waals surface area contributed by atoms with E-state index in [4.69, 9.17) is 4.74 Å². The number of imidazole rings is 2. The molecule has 0 saturated heterocycles. The van der Waals surface area contributed by atoms with E-state index in [0.29, 0.717) is 19.8 Å². The fourth-order valence-corrected chi connectivity index (χ4v) is 4.34. The number of sulfonamides is 1. The van der Waals surface area contributed by atoms with Crippen LogP contribution in [0, 0.1) is 0 Å². The normalized spacial score (nSPS) is 19.0. The average molecular weight is 339 g/mol. The van der Waals surface area contributed by atoms with Gasteiger partial charge in [-0.05, 0) is 6.92 Å². The van der Waals surface area contributed by atoms with Gasteiger partial charge in [0.15, 0.2) is 5.03 Å². The summed E-state index contributed by atoms with van der Waals surface area (Å²) in [6.45, 7) is 3.62. The first-order valence-electron chi connectivity index (χ1n) is 7.49. The maximum atomic E-state index is 12.8. The van der Waals surface area contributed by atoms with Crippen molar-refractivity contribution in [3.63, 3.8) is 0 Å². The van der Waals surface area contributed by atoms with Crippen molar-refractivity contribution in [1.29, 1.82) is 0 Å². The van der Waals surface area contributed by atoms with E-state index in [-0.39, 0.29) is 17.5 Å². The summed E-state index contributed by atoms with van der Waals surface area (Å²) < 4.78 is 36.2. The summed E-state index contributed by atoms with van der Waals surface area (Å²) in [7, 11) is 0.0353. The molecule has 8 nitrogen and oxygen atoms in total. The summed E-state index contributed by atoms with van der Waals surface area (Å²) in [5, 5.41) is 0.0644. The number of aryl methyl sites for hydroxylation is 2. The van der Waals surface area contributed by atoms with E-state index in [1.807, 2.05) is 18.5 Å². The van der Waals surface area contributed by atoms with Gasteiger partial charge in [-0.25, -0.2) is 18.4 Å². The van der Waals surface area contributed by atoms with Crippen LogP contribution < -0.4 is 0 Å². The van der Waals surface area contributed by atoms with Gasteiger partial charge in [-0.15, -0.1) is 0 Å². The largest absolute Gasteiger partial charge is 0.381 e. The summed E-state index contributed by atoms with van der Waals surface area (Å²) in [6.07, 6.45) is 4.72. The van der Waals surface area contributed by atoms with Gasteiger partial charge in [0, 0.05) is 45.1 Å². The minimum Gasteiger partial charge on any atom is -0.381 e. The van der Waals surface area contributed by atoms with Crippen molar-refractivity contribution in [1.82, 2.24) is 23.4 Å². The lowest BCUT2D eigenvalue weighted by atomic mass is 10.0. The fourth-order valence-electron chi connectivity index (χ4n) is 2.93. The van der Waals surface area contributed by atoms with Gasteiger partial charge >= 0.3 is 0 Å². The molecule has 0 bridgehead atoms. The Morgan fingerprint density at radius 1 is 1.30 bits per heavy atom. The van der Waals surface area contributed by atoms with Crippen LogP contribution in [0.3, 0.4) is 0 Å². The van der Waals surface area contributed by atoms with Crippen LogP contribution in [0.5, 0.6) is 0 Å². The van der Waals surface area contributed by atoms with Crippen molar-refractivity contribution in [3.8, 4) is 0 Å². The monoisotopic (exact) mass is 339 g/mol. The minimum atomic E-state index is -3.64. The summed E-state index contributed by atoms with van der Waals surface area (Å²) in [6, 6.07) is 0. The van der Waals surface area contributed by atoms with Crippen molar-refractivity contribution in [2.24, 2.45) is 14.1 Å². The van der Waals surface area contributed by atoms with Crippen LogP contribution in [0.15, 0.2) is 23.9 Å². The summed E-state index contributed by atoms with van der Waals surface area (Å²) in [5.74, 6) is -0.0373. The van der Waals surface area contributed by atoms with Gasteiger partial charge in [0.25, 0.3) is 10.0 Å². The van der Waals surface area contributed by atoms with Gasteiger partial charge in [-0.1, -0.05) is 0 Å². The second-order valence-electron chi connectivity index (χ2n) is 5.72. The van der Waals surface area contributed by atoms with Gasteiger partial charge in [0.05, 0.1) is 31.5 Å². The Kier molecular flexibility index (Phi) is 4.26. The first kappa shape index (κ1) is 16.2. The Morgan fingerprint density at radius 2 is 2.09 bits per heavy atom. The lowest BCUT2D eigenvalue weighted by molar-refractivity contribution is 0.119. The third-order valence-corrected chi connectivity index (χ3v) is 5.71. The smallest absolute Gasteiger partial charge is 0.262 e. The highest BCUT2D eigenvalue weighted by atomic mass is 32.2. The van der Waals surface area contributed by atoms with Crippen LogP contribution >= 0.6 is 0 Å². The van der Waals surface area contributed by atoms with Crippen molar-refractivity contribution < 1.29 is 13.2 Å². The average Bonchev–Trinajstić information content (AvgIpc) is 3.12. The third kappa shape index (κ3) is 2.91. The van der Waals surface area contributed by atoms with Gasteiger partial charge in [0.1, 0.15) is 0 Å². The van der Waals surface area contributed by atoms with Gasteiger partial charge in [0.2, 0.25) is 0 Å². The molecule has 126 valence electrons. The van der Waals surface area contributed by atoms with Crippen molar-refractivity contribution >= 4 is 10.0 Å². The molecule has 0 aromatic carbocycles. The topological polar surface area (TPSA) is 82.2 Å². The van der Waals surface area contributed by atoms with E-state index in [0.717, 1.165) is 11.4 Å². The maximum absolute atomic E-state index is 12.8. The van der Waals surface area contributed by atoms with E-state index < -0.39 is 10.0 Å². The number of hydrogen-bond donors (Lipinski definition) is 0. The van der Waals surface area contributed by atoms with Crippen molar-refractivity contribution in [2.45, 2.75) is 24.4 Å². The Balaban J connectivity index is 1.93. The summed E-state index contributed by atoms with van der Waals surface area (Å²) >= 11 is 0. The number of nitrogens with zero attached hydrogens (tertiary/aromatic N) is 5.